The molecule has 0 aliphatic heterocycles. The molecule has 90 valence electrons. The van der Waals surface area contributed by atoms with Crippen molar-refractivity contribution >= 4 is 11.6 Å². The zero-order valence-electron chi connectivity index (χ0n) is 9.27. The van der Waals surface area contributed by atoms with Crippen molar-refractivity contribution in [3.05, 3.63) is 52.8 Å². The Morgan fingerprint density at radius 1 is 1.53 bits per heavy atom. The number of nitrogens with zero attached hydrogens (tertiary/aromatic N) is 2. The molecule has 17 heavy (non-hydrogen) atoms. The van der Waals surface area contributed by atoms with E-state index in [2.05, 4.69) is 4.98 Å². The Morgan fingerprint density at radius 2 is 2.29 bits per heavy atom. The lowest BCUT2D eigenvalue weighted by Gasteiger charge is -2.10. The molecular weight excluding hydrogens is 243 g/mol. The molecule has 0 spiro atoms. The number of aryl methyl sites for hydroxylation is 1. The average molecular weight is 255 g/mol. The number of rotatable bonds is 3. The number of hydrogen-bond acceptors (Lipinski definition) is 2. The molecule has 3 nitrogen and oxygen atoms in total. The normalized spacial score (nSPS) is 12.7. The van der Waals surface area contributed by atoms with E-state index in [1.807, 2.05) is 0 Å². The minimum Gasteiger partial charge on any atom is -0.386 e. The molecule has 1 unspecified atom stereocenters. The maximum absolute atomic E-state index is 13.5. The number of aliphatic hydroxyl groups is 1. The lowest BCUT2D eigenvalue weighted by molar-refractivity contribution is 0.172. The Balaban J connectivity index is 2.21. The monoisotopic (exact) mass is 254 g/mol. The summed E-state index contributed by atoms with van der Waals surface area (Å²) in [5.74, 6) is -0.410. The van der Waals surface area contributed by atoms with Crippen LogP contribution in [0, 0.1) is 5.82 Å². The molecule has 0 saturated heterocycles. The Morgan fingerprint density at radius 3 is 2.88 bits per heavy atom. The quantitative estimate of drug-likeness (QED) is 0.914. The minimum atomic E-state index is -0.856. The molecule has 0 radical (unpaired) electrons. The van der Waals surface area contributed by atoms with Crippen LogP contribution in [0.15, 0.2) is 30.7 Å². The van der Waals surface area contributed by atoms with Gasteiger partial charge in [0.15, 0.2) is 0 Å². The summed E-state index contributed by atoms with van der Waals surface area (Å²) < 4.78 is 15.2. The molecule has 1 atom stereocenters. The molecule has 1 N–H and O–H groups in total. The molecule has 5 heteroatoms. The van der Waals surface area contributed by atoms with Gasteiger partial charge in [0.25, 0.3) is 0 Å². The standard InChI is InChI=1S/C12H12ClFN2O/c1-16-6-11(15-7-16)12(17)5-8-9(13)3-2-4-10(8)14/h2-4,6-7,12,17H,5H2,1H3. The fraction of sp³-hybridized carbons (Fsp3) is 0.250. The van der Waals surface area contributed by atoms with Crippen LogP contribution in [-0.2, 0) is 13.5 Å². The lowest BCUT2D eigenvalue weighted by Crippen LogP contribution is -2.04. The van der Waals surface area contributed by atoms with Crippen molar-refractivity contribution in [2.75, 3.05) is 0 Å². The van der Waals surface area contributed by atoms with Crippen molar-refractivity contribution in [1.82, 2.24) is 9.55 Å². The van der Waals surface area contributed by atoms with E-state index in [0.717, 1.165) is 0 Å². The van der Waals surface area contributed by atoms with Crippen LogP contribution in [0.25, 0.3) is 0 Å². The molecule has 0 aliphatic rings. The molecule has 1 aromatic heterocycles. The third-order valence-electron chi connectivity index (χ3n) is 2.53. The molecule has 1 heterocycles. The van der Waals surface area contributed by atoms with Gasteiger partial charge in [-0.3, -0.25) is 0 Å². The van der Waals surface area contributed by atoms with Crippen LogP contribution in [0.2, 0.25) is 5.02 Å². The van der Waals surface area contributed by atoms with Gasteiger partial charge in [0.05, 0.1) is 12.0 Å². The van der Waals surface area contributed by atoms with E-state index in [-0.39, 0.29) is 6.42 Å². The van der Waals surface area contributed by atoms with Crippen LogP contribution in [0.3, 0.4) is 0 Å². The maximum Gasteiger partial charge on any atom is 0.127 e. The number of hydrogen-bond donors (Lipinski definition) is 1. The molecule has 0 aliphatic carbocycles. The number of halogens is 2. The molecular formula is C12H12ClFN2O. The van der Waals surface area contributed by atoms with Crippen LogP contribution >= 0.6 is 11.6 Å². The van der Waals surface area contributed by atoms with Crippen molar-refractivity contribution in [3.63, 3.8) is 0 Å². The predicted molar refractivity (Wildman–Crippen MR) is 63.3 cm³/mol. The highest BCUT2D eigenvalue weighted by molar-refractivity contribution is 6.31. The number of aliphatic hydroxyl groups excluding tert-OH is 1. The Bertz CT molecular complexity index is 507. The highest BCUT2D eigenvalue weighted by Gasteiger charge is 2.16. The largest absolute Gasteiger partial charge is 0.386 e. The van der Waals surface area contributed by atoms with Crippen LogP contribution in [0.5, 0.6) is 0 Å². The Labute approximate surface area is 103 Å². The van der Waals surface area contributed by atoms with Gasteiger partial charge in [0.1, 0.15) is 11.9 Å². The van der Waals surface area contributed by atoms with Gasteiger partial charge in [-0.15, -0.1) is 0 Å². The van der Waals surface area contributed by atoms with Gasteiger partial charge < -0.3 is 9.67 Å². The minimum absolute atomic E-state index is 0.114. The summed E-state index contributed by atoms with van der Waals surface area (Å²) in [6.07, 6.45) is 2.54. The first-order valence-corrected chi connectivity index (χ1v) is 5.54. The van der Waals surface area contributed by atoms with E-state index in [1.165, 1.54) is 12.1 Å². The first-order valence-electron chi connectivity index (χ1n) is 5.16. The van der Waals surface area contributed by atoms with Crippen molar-refractivity contribution < 1.29 is 9.50 Å². The maximum atomic E-state index is 13.5. The van der Waals surface area contributed by atoms with Crippen molar-refractivity contribution in [2.24, 2.45) is 7.05 Å². The van der Waals surface area contributed by atoms with Gasteiger partial charge in [0, 0.05) is 30.3 Å². The highest BCUT2D eigenvalue weighted by Crippen LogP contribution is 2.24. The second kappa shape index (κ2) is 4.85. The fourth-order valence-corrected chi connectivity index (χ4v) is 1.87. The third kappa shape index (κ3) is 2.65. The highest BCUT2D eigenvalue weighted by atomic mass is 35.5. The number of benzene rings is 1. The summed E-state index contributed by atoms with van der Waals surface area (Å²) in [6.45, 7) is 0. The van der Waals surface area contributed by atoms with Crippen LogP contribution in [-0.4, -0.2) is 14.7 Å². The van der Waals surface area contributed by atoms with E-state index in [1.54, 1.807) is 30.2 Å². The van der Waals surface area contributed by atoms with E-state index >= 15 is 0 Å². The number of aromatic nitrogens is 2. The fourth-order valence-electron chi connectivity index (χ4n) is 1.63. The summed E-state index contributed by atoms with van der Waals surface area (Å²) in [7, 11) is 1.80. The first kappa shape index (κ1) is 12.1. The van der Waals surface area contributed by atoms with Gasteiger partial charge >= 0.3 is 0 Å². The second-order valence-corrected chi connectivity index (χ2v) is 4.29. The average Bonchev–Trinajstić information content (AvgIpc) is 2.70. The van der Waals surface area contributed by atoms with Crippen LogP contribution in [0.1, 0.15) is 17.4 Å². The van der Waals surface area contributed by atoms with E-state index in [4.69, 9.17) is 11.6 Å². The Kier molecular flexibility index (Phi) is 3.45. The third-order valence-corrected chi connectivity index (χ3v) is 2.88. The molecule has 0 amide bonds. The Hall–Kier alpha value is -1.39. The summed E-state index contributed by atoms with van der Waals surface area (Å²) in [5, 5.41) is 10.3. The van der Waals surface area contributed by atoms with Crippen LogP contribution in [0.4, 0.5) is 4.39 Å². The van der Waals surface area contributed by atoms with E-state index < -0.39 is 11.9 Å². The molecule has 1 aromatic carbocycles. The lowest BCUT2D eigenvalue weighted by atomic mass is 10.1. The van der Waals surface area contributed by atoms with Gasteiger partial charge in [0.2, 0.25) is 0 Å². The van der Waals surface area contributed by atoms with Gasteiger partial charge in [-0.2, -0.15) is 0 Å². The summed E-state index contributed by atoms with van der Waals surface area (Å²) in [4.78, 5) is 4.02. The summed E-state index contributed by atoms with van der Waals surface area (Å²) >= 11 is 5.89. The smallest absolute Gasteiger partial charge is 0.127 e. The predicted octanol–water partition coefficient (Wildman–Crippen LogP) is 2.49. The molecule has 0 fully saturated rings. The number of imidazole rings is 1. The van der Waals surface area contributed by atoms with Gasteiger partial charge in [-0.05, 0) is 12.1 Å². The first-order chi connectivity index (χ1) is 8.08. The molecule has 0 saturated carbocycles. The zero-order valence-corrected chi connectivity index (χ0v) is 10.0. The summed E-state index contributed by atoms with van der Waals surface area (Å²) in [6, 6.07) is 4.46. The second-order valence-electron chi connectivity index (χ2n) is 3.88. The summed E-state index contributed by atoms with van der Waals surface area (Å²) in [5.41, 5.74) is 0.819. The molecule has 2 rings (SSSR count). The van der Waals surface area contributed by atoms with E-state index in [9.17, 15) is 9.50 Å². The van der Waals surface area contributed by atoms with Gasteiger partial charge in [-0.1, -0.05) is 17.7 Å². The van der Waals surface area contributed by atoms with Gasteiger partial charge in [-0.25, -0.2) is 9.37 Å². The SMILES string of the molecule is Cn1cnc(C(O)Cc2c(F)cccc2Cl)c1. The molecule has 0 bridgehead atoms. The van der Waals surface area contributed by atoms with E-state index in [0.29, 0.717) is 16.3 Å². The van der Waals surface area contributed by atoms with Crippen molar-refractivity contribution in [1.29, 1.82) is 0 Å². The zero-order chi connectivity index (χ0) is 12.4. The van der Waals surface area contributed by atoms with Crippen LogP contribution < -0.4 is 0 Å². The van der Waals surface area contributed by atoms with Crippen molar-refractivity contribution in [3.8, 4) is 0 Å². The topological polar surface area (TPSA) is 38.0 Å². The van der Waals surface area contributed by atoms with Crippen molar-refractivity contribution in [2.45, 2.75) is 12.5 Å². The molecule has 2 aromatic rings.